The summed E-state index contributed by atoms with van der Waals surface area (Å²) in [7, 11) is 0.603. The van der Waals surface area contributed by atoms with E-state index in [0.717, 1.165) is 0 Å². The Morgan fingerprint density at radius 3 is 1.67 bits per heavy atom. The van der Waals surface area contributed by atoms with Crippen molar-refractivity contribution in [2.24, 2.45) is 0 Å². The maximum absolute atomic E-state index is 11.2. The summed E-state index contributed by atoms with van der Waals surface area (Å²) < 4.78 is 22.4. The van der Waals surface area contributed by atoms with Gasteiger partial charge in [-0.15, -0.1) is 0 Å². The highest BCUT2D eigenvalue weighted by Crippen LogP contribution is 2.08. The first kappa shape index (κ1) is 6.08. The third kappa shape index (κ3) is 2.32. The third-order valence-corrected chi connectivity index (χ3v) is 1.01. The number of hydrogen-bond acceptors (Lipinski definition) is 0. The van der Waals surface area contributed by atoms with Crippen LogP contribution in [-0.4, -0.2) is 16.7 Å². The van der Waals surface area contributed by atoms with E-state index >= 15 is 0 Å². The van der Waals surface area contributed by atoms with Crippen LogP contribution in [0.15, 0.2) is 0 Å². The Bertz CT molecular complexity index is 29.8. The summed E-state index contributed by atoms with van der Waals surface area (Å²) in [6, 6.07) is 0. The molecule has 6 heavy (non-hydrogen) atoms. The molecule has 0 N–H and O–H groups in total. The zero-order valence-electron chi connectivity index (χ0n) is 3.91. The van der Waals surface area contributed by atoms with Crippen LogP contribution in [0.1, 0.15) is 6.92 Å². The van der Waals surface area contributed by atoms with Gasteiger partial charge in [-0.05, 0) is 0 Å². The highest BCUT2D eigenvalue weighted by atomic mass is 28.1. The molecule has 0 bridgehead atoms. The van der Waals surface area contributed by atoms with E-state index < -0.39 is 6.43 Å². The van der Waals surface area contributed by atoms with Crippen LogP contribution in [0.2, 0.25) is 5.54 Å². The summed E-state index contributed by atoms with van der Waals surface area (Å²) in [6.45, 7) is 1.55. The summed E-state index contributed by atoms with van der Waals surface area (Å²) in [6.07, 6.45) is -2.09. The van der Waals surface area contributed by atoms with Gasteiger partial charge in [0.2, 0.25) is 6.43 Å². The molecule has 38 valence electrons. The zero-order valence-corrected chi connectivity index (χ0v) is 5.91. The summed E-state index contributed by atoms with van der Waals surface area (Å²) in [5.41, 5.74) is -0.343. The molecule has 1 unspecified atom stereocenters. The van der Waals surface area contributed by atoms with Crippen molar-refractivity contribution < 1.29 is 8.78 Å². The Hall–Kier alpha value is 0.0769. The number of halogens is 2. The van der Waals surface area contributed by atoms with E-state index in [-0.39, 0.29) is 5.54 Å². The molecule has 3 heteroatoms. The Morgan fingerprint density at radius 1 is 1.50 bits per heavy atom. The minimum atomic E-state index is -2.09. The molecule has 1 atom stereocenters. The van der Waals surface area contributed by atoms with Crippen LogP contribution in [0.25, 0.3) is 0 Å². The molecule has 0 rings (SSSR count). The summed E-state index contributed by atoms with van der Waals surface area (Å²) >= 11 is 0. The molecule has 0 aromatic rings. The SMILES string of the molecule is CC([SiH3])C(F)F. The van der Waals surface area contributed by atoms with Gasteiger partial charge < -0.3 is 0 Å². The second kappa shape index (κ2) is 2.29. The molecule has 0 fully saturated rings. The van der Waals surface area contributed by atoms with E-state index in [1.165, 1.54) is 0 Å². The van der Waals surface area contributed by atoms with E-state index in [1.54, 1.807) is 6.92 Å². The van der Waals surface area contributed by atoms with Gasteiger partial charge in [-0.1, -0.05) is 6.92 Å². The van der Waals surface area contributed by atoms with Crippen LogP contribution in [0.4, 0.5) is 8.78 Å². The van der Waals surface area contributed by atoms with Crippen LogP contribution in [0.5, 0.6) is 0 Å². The lowest BCUT2D eigenvalue weighted by Crippen LogP contribution is -1.97. The van der Waals surface area contributed by atoms with E-state index in [0.29, 0.717) is 10.2 Å². The minimum absolute atomic E-state index is 0.343. The molecule has 0 amide bonds. The monoisotopic (exact) mass is 110 g/mol. The number of hydrogen-bond donors (Lipinski definition) is 0. The summed E-state index contributed by atoms with van der Waals surface area (Å²) in [5.74, 6) is 0. The van der Waals surface area contributed by atoms with E-state index in [2.05, 4.69) is 0 Å². The Labute approximate surface area is 39.0 Å². The van der Waals surface area contributed by atoms with E-state index in [1.807, 2.05) is 0 Å². The average molecular weight is 110 g/mol. The third-order valence-electron chi connectivity index (χ3n) is 0.504. The van der Waals surface area contributed by atoms with Gasteiger partial charge in [0, 0.05) is 15.8 Å². The predicted octanol–water partition coefficient (Wildman–Crippen LogP) is 0.425. The van der Waals surface area contributed by atoms with Gasteiger partial charge in [0.05, 0.1) is 0 Å². The molecule has 0 aliphatic carbocycles. The second-order valence-electron chi connectivity index (χ2n) is 1.58. The summed E-state index contributed by atoms with van der Waals surface area (Å²) in [4.78, 5) is 0. The number of alkyl halides is 2. The van der Waals surface area contributed by atoms with Gasteiger partial charge in [-0.25, -0.2) is 8.78 Å². The molecular formula is C3H8F2Si. The lowest BCUT2D eigenvalue weighted by molar-refractivity contribution is 0.145. The molecule has 0 aliphatic heterocycles. The quantitative estimate of drug-likeness (QED) is 0.429. The van der Waals surface area contributed by atoms with Crippen LogP contribution in [0.3, 0.4) is 0 Å². The first-order valence-corrected chi connectivity index (χ1v) is 3.08. The fraction of sp³-hybridized carbons (Fsp3) is 1.00. The molecule has 0 aromatic carbocycles. The zero-order chi connectivity index (χ0) is 5.15. The Balaban J connectivity index is 2.99. The van der Waals surface area contributed by atoms with Gasteiger partial charge in [-0.3, -0.25) is 0 Å². The molecule has 0 nitrogen and oxygen atoms in total. The highest BCUT2D eigenvalue weighted by molar-refractivity contribution is 6.11. The van der Waals surface area contributed by atoms with Gasteiger partial charge in [-0.2, -0.15) is 0 Å². The highest BCUT2D eigenvalue weighted by Gasteiger charge is 2.05. The van der Waals surface area contributed by atoms with Crippen LogP contribution in [-0.2, 0) is 0 Å². The van der Waals surface area contributed by atoms with Crippen molar-refractivity contribution in [1.29, 1.82) is 0 Å². The average Bonchev–Trinajstić information content (AvgIpc) is 1.36. The fourth-order valence-corrected chi connectivity index (χ4v) is 0. The first-order chi connectivity index (χ1) is 2.64. The van der Waals surface area contributed by atoms with Gasteiger partial charge in [0.15, 0.2) is 0 Å². The normalized spacial score (nSPS) is 16.0. The van der Waals surface area contributed by atoms with Crippen molar-refractivity contribution >= 4 is 10.2 Å². The van der Waals surface area contributed by atoms with Gasteiger partial charge in [0.1, 0.15) is 0 Å². The van der Waals surface area contributed by atoms with Crippen molar-refractivity contribution in [3.05, 3.63) is 0 Å². The van der Waals surface area contributed by atoms with Crippen LogP contribution < -0.4 is 0 Å². The Morgan fingerprint density at radius 2 is 1.67 bits per heavy atom. The molecule has 0 radical (unpaired) electrons. The van der Waals surface area contributed by atoms with E-state index in [4.69, 9.17) is 0 Å². The molecular weight excluding hydrogens is 102 g/mol. The molecule has 0 heterocycles. The molecule has 0 spiro atoms. The van der Waals surface area contributed by atoms with Crippen LogP contribution >= 0.6 is 0 Å². The topological polar surface area (TPSA) is 0 Å². The Kier molecular flexibility index (Phi) is 2.31. The lowest BCUT2D eigenvalue weighted by Gasteiger charge is -1.97. The first-order valence-electron chi connectivity index (χ1n) is 1.92. The summed E-state index contributed by atoms with van der Waals surface area (Å²) in [5, 5.41) is 0. The van der Waals surface area contributed by atoms with Crippen molar-refractivity contribution in [3.8, 4) is 0 Å². The lowest BCUT2D eigenvalue weighted by atomic mass is 10.5. The van der Waals surface area contributed by atoms with Crippen molar-refractivity contribution in [2.45, 2.75) is 18.9 Å². The van der Waals surface area contributed by atoms with Gasteiger partial charge >= 0.3 is 0 Å². The smallest absolute Gasteiger partial charge is 0.211 e. The maximum Gasteiger partial charge on any atom is 0.238 e. The number of rotatable bonds is 1. The molecule has 0 aliphatic rings. The standard InChI is InChI=1S/C3H8F2Si/c1-2(6)3(4)5/h2-3H,1,6H3. The van der Waals surface area contributed by atoms with Crippen molar-refractivity contribution in [1.82, 2.24) is 0 Å². The second-order valence-corrected chi connectivity index (χ2v) is 3.40. The maximum atomic E-state index is 11.2. The predicted molar refractivity (Wildman–Crippen MR) is 25.4 cm³/mol. The van der Waals surface area contributed by atoms with Crippen molar-refractivity contribution in [2.75, 3.05) is 0 Å². The van der Waals surface area contributed by atoms with Crippen molar-refractivity contribution in [3.63, 3.8) is 0 Å². The van der Waals surface area contributed by atoms with E-state index in [9.17, 15) is 8.78 Å². The van der Waals surface area contributed by atoms with Gasteiger partial charge in [0.25, 0.3) is 0 Å². The molecule has 0 saturated carbocycles. The fourth-order valence-electron chi connectivity index (χ4n) is 0. The molecule has 0 saturated heterocycles. The van der Waals surface area contributed by atoms with Crippen LogP contribution in [0, 0.1) is 0 Å². The molecule has 0 aromatic heterocycles. The minimum Gasteiger partial charge on any atom is -0.211 e. The largest absolute Gasteiger partial charge is 0.238 e.